The fraction of sp³-hybridized carbons (Fsp3) is 0.923. The van der Waals surface area contributed by atoms with Crippen LogP contribution >= 0.6 is 0 Å². The van der Waals surface area contributed by atoms with Gasteiger partial charge in [0.25, 0.3) is 0 Å². The molecule has 4 atom stereocenters. The molecule has 96 valence electrons. The van der Waals surface area contributed by atoms with E-state index in [1.54, 1.807) is 0 Å². The Hall–Kier alpha value is -0.930. The third-order valence-electron chi connectivity index (χ3n) is 4.70. The monoisotopic (exact) mass is 237 g/mol. The van der Waals surface area contributed by atoms with Gasteiger partial charge in [0.2, 0.25) is 0 Å². The fourth-order valence-electron chi connectivity index (χ4n) is 3.65. The van der Waals surface area contributed by atoms with Crippen LogP contribution in [-0.4, -0.2) is 18.3 Å². The van der Waals surface area contributed by atoms with Gasteiger partial charge in [-0.3, -0.25) is 10.4 Å². The second-order valence-electron chi connectivity index (χ2n) is 5.84. The highest BCUT2D eigenvalue weighted by molar-refractivity contribution is 5.58. The van der Waals surface area contributed by atoms with Gasteiger partial charge in [-0.1, -0.05) is 13.8 Å². The molecule has 0 radical (unpaired) electrons. The lowest BCUT2D eigenvalue weighted by Crippen LogP contribution is -2.30. The Morgan fingerprint density at radius 2 is 2.24 bits per heavy atom. The van der Waals surface area contributed by atoms with Crippen molar-refractivity contribution in [3.8, 4) is 0 Å². The summed E-state index contributed by atoms with van der Waals surface area (Å²) in [6.07, 6.45) is 7.86. The third kappa shape index (κ3) is 2.50. The summed E-state index contributed by atoms with van der Waals surface area (Å²) < 4.78 is 0. The Kier molecular flexibility index (Phi) is 3.79. The standard InChI is InChI=1S/C13H23N3O/c1-10-8-13(9-12(10)7-11(13)2)14-5-3-4-6-15-16-17/h5,10-12H,3-4,6-9H2,1-2H3,(H,15,17). The second-order valence-corrected chi connectivity index (χ2v) is 5.84. The molecule has 4 unspecified atom stereocenters. The predicted octanol–water partition coefficient (Wildman–Crippen LogP) is 2.93. The minimum atomic E-state index is 0.250. The summed E-state index contributed by atoms with van der Waals surface area (Å²) in [5.74, 6) is 2.50. The molecule has 0 aromatic carbocycles. The van der Waals surface area contributed by atoms with Crippen LogP contribution < -0.4 is 5.43 Å². The van der Waals surface area contributed by atoms with Crippen molar-refractivity contribution in [1.29, 1.82) is 0 Å². The van der Waals surface area contributed by atoms with Crippen LogP contribution in [0.3, 0.4) is 0 Å². The zero-order valence-corrected chi connectivity index (χ0v) is 10.9. The summed E-state index contributed by atoms with van der Waals surface area (Å²) >= 11 is 0. The average Bonchev–Trinajstić information content (AvgIpc) is 2.77. The van der Waals surface area contributed by atoms with E-state index in [2.05, 4.69) is 30.8 Å². The molecule has 1 N–H and O–H groups in total. The Morgan fingerprint density at radius 3 is 2.88 bits per heavy atom. The summed E-state index contributed by atoms with van der Waals surface area (Å²) in [5, 5.41) is 2.62. The molecule has 0 aromatic heterocycles. The molecule has 0 aliphatic heterocycles. The number of hydrogen-bond donors (Lipinski definition) is 1. The van der Waals surface area contributed by atoms with Crippen LogP contribution in [0, 0.1) is 22.7 Å². The van der Waals surface area contributed by atoms with Crippen molar-refractivity contribution in [3.05, 3.63) is 4.91 Å². The molecule has 2 aliphatic carbocycles. The van der Waals surface area contributed by atoms with Crippen molar-refractivity contribution in [2.24, 2.45) is 28.0 Å². The summed E-state index contributed by atoms with van der Waals surface area (Å²) in [5.41, 5.74) is 2.68. The van der Waals surface area contributed by atoms with Gasteiger partial charge in [0.15, 0.2) is 0 Å². The molecular weight excluding hydrogens is 214 g/mol. The van der Waals surface area contributed by atoms with Crippen LogP contribution in [0.2, 0.25) is 0 Å². The van der Waals surface area contributed by atoms with Crippen LogP contribution in [0.4, 0.5) is 0 Å². The van der Waals surface area contributed by atoms with E-state index in [4.69, 9.17) is 4.99 Å². The van der Waals surface area contributed by atoms with E-state index < -0.39 is 0 Å². The van der Waals surface area contributed by atoms with Crippen LogP contribution in [-0.2, 0) is 0 Å². The Labute approximate surface area is 103 Å². The van der Waals surface area contributed by atoms with Crippen molar-refractivity contribution in [3.63, 3.8) is 0 Å². The van der Waals surface area contributed by atoms with E-state index in [1.165, 1.54) is 19.3 Å². The van der Waals surface area contributed by atoms with Crippen molar-refractivity contribution >= 4 is 6.21 Å². The van der Waals surface area contributed by atoms with E-state index in [-0.39, 0.29) is 5.54 Å². The summed E-state index contributed by atoms with van der Waals surface area (Å²) in [6, 6.07) is 0. The minimum absolute atomic E-state index is 0.250. The number of nitrogens with zero attached hydrogens (tertiary/aromatic N) is 2. The number of nitroso groups, excluding NO2 is 1. The lowest BCUT2D eigenvalue weighted by atomic mass is 9.80. The second kappa shape index (κ2) is 5.15. The van der Waals surface area contributed by atoms with Crippen LogP contribution in [0.15, 0.2) is 10.3 Å². The van der Waals surface area contributed by atoms with Gasteiger partial charge in [0.05, 0.1) is 5.54 Å². The first-order chi connectivity index (χ1) is 8.18. The SMILES string of the molecule is CC1CC2(N=CCCCNN=O)CC1CC2C. The molecule has 4 nitrogen and oxygen atoms in total. The highest BCUT2D eigenvalue weighted by Gasteiger charge is 2.52. The van der Waals surface area contributed by atoms with E-state index in [1.807, 2.05) is 0 Å². The van der Waals surface area contributed by atoms with Gasteiger partial charge < -0.3 is 0 Å². The van der Waals surface area contributed by atoms with Gasteiger partial charge in [-0.25, -0.2) is 0 Å². The third-order valence-corrected chi connectivity index (χ3v) is 4.70. The fourth-order valence-corrected chi connectivity index (χ4v) is 3.65. The normalized spacial score (nSPS) is 40.0. The van der Waals surface area contributed by atoms with Gasteiger partial charge in [0.1, 0.15) is 0 Å². The van der Waals surface area contributed by atoms with Crippen molar-refractivity contribution in [1.82, 2.24) is 5.43 Å². The highest BCUT2D eigenvalue weighted by atomic mass is 16.3. The van der Waals surface area contributed by atoms with E-state index >= 15 is 0 Å². The van der Waals surface area contributed by atoms with Crippen molar-refractivity contribution < 1.29 is 0 Å². The van der Waals surface area contributed by atoms with Gasteiger partial charge in [0, 0.05) is 11.8 Å². The molecular formula is C13H23N3O. The zero-order chi connectivity index (χ0) is 12.3. The molecule has 0 spiro atoms. The van der Waals surface area contributed by atoms with E-state index in [9.17, 15) is 4.91 Å². The molecule has 4 heteroatoms. The van der Waals surface area contributed by atoms with E-state index in [0.29, 0.717) is 6.54 Å². The minimum Gasteiger partial charge on any atom is -0.291 e. The zero-order valence-electron chi connectivity index (χ0n) is 10.9. The average molecular weight is 237 g/mol. The quantitative estimate of drug-likeness (QED) is 0.334. The molecule has 0 heterocycles. The summed E-state index contributed by atoms with van der Waals surface area (Å²) in [6.45, 7) is 5.37. The Balaban J connectivity index is 1.81. The molecule has 0 aromatic rings. The molecule has 2 bridgehead atoms. The van der Waals surface area contributed by atoms with Crippen molar-refractivity contribution in [2.75, 3.05) is 6.54 Å². The van der Waals surface area contributed by atoms with Crippen LogP contribution in [0.25, 0.3) is 0 Å². The first kappa shape index (κ1) is 12.5. The molecule has 0 amide bonds. The number of aliphatic imine (C=N–C) groups is 1. The maximum atomic E-state index is 9.83. The maximum Gasteiger partial charge on any atom is 0.0635 e. The molecule has 2 saturated carbocycles. The molecule has 17 heavy (non-hydrogen) atoms. The molecule has 2 rings (SSSR count). The summed E-state index contributed by atoms with van der Waals surface area (Å²) in [7, 11) is 0. The number of unbranched alkanes of at least 4 members (excludes halogenated alkanes) is 1. The number of hydrogen-bond acceptors (Lipinski definition) is 3. The van der Waals surface area contributed by atoms with Gasteiger partial charge >= 0.3 is 0 Å². The topological polar surface area (TPSA) is 53.8 Å². The maximum absolute atomic E-state index is 9.83. The molecule has 2 aliphatic rings. The number of nitrogens with one attached hydrogen (secondary N) is 1. The Bertz CT molecular complexity index is 301. The first-order valence-electron chi connectivity index (χ1n) is 6.77. The van der Waals surface area contributed by atoms with Crippen LogP contribution in [0.1, 0.15) is 46.0 Å². The largest absolute Gasteiger partial charge is 0.291 e. The van der Waals surface area contributed by atoms with Gasteiger partial charge in [-0.2, -0.15) is 0 Å². The predicted molar refractivity (Wildman–Crippen MR) is 69.9 cm³/mol. The molecule has 0 saturated heterocycles. The highest BCUT2D eigenvalue weighted by Crippen LogP contribution is 2.56. The lowest BCUT2D eigenvalue weighted by Gasteiger charge is -2.31. The smallest absolute Gasteiger partial charge is 0.0635 e. The first-order valence-corrected chi connectivity index (χ1v) is 6.77. The lowest BCUT2D eigenvalue weighted by molar-refractivity contribution is 0.256. The van der Waals surface area contributed by atoms with E-state index in [0.717, 1.165) is 30.6 Å². The van der Waals surface area contributed by atoms with Crippen molar-refractivity contribution in [2.45, 2.75) is 51.5 Å². The number of fused-ring (bicyclic) bond motifs is 2. The van der Waals surface area contributed by atoms with Gasteiger partial charge in [-0.05, 0) is 56.1 Å². The Morgan fingerprint density at radius 1 is 1.41 bits per heavy atom. The summed E-state index contributed by atoms with van der Waals surface area (Å²) in [4.78, 5) is 14.7. The number of rotatable bonds is 6. The van der Waals surface area contributed by atoms with Gasteiger partial charge in [-0.15, -0.1) is 4.91 Å². The van der Waals surface area contributed by atoms with Crippen LogP contribution in [0.5, 0.6) is 0 Å². The molecule has 2 fully saturated rings.